The van der Waals surface area contributed by atoms with Crippen LogP contribution < -0.4 is 0 Å². The maximum Gasteiger partial charge on any atom is 0.101 e. The summed E-state index contributed by atoms with van der Waals surface area (Å²) in [4.78, 5) is 0. The lowest BCUT2D eigenvalue weighted by atomic mass is 10.3. The van der Waals surface area contributed by atoms with Gasteiger partial charge < -0.3 is 52.8 Å². The number of rotatable bonds is 28. The van der Waals surface area contributed by atoms with Crippen LogP contribution in [0.1, 0.15) is 62.3 Å². The Morgan fingerprint density at radius 2 is 0.650 bits per heavy atom. The zero-order valence-corrected chi connectivity index (χ0v) is 26.5. The van der Waals surface area contributed by atoms with Crippen molar-refractivity contribution in [2.24, 2.45) is 0 Å². The van der Waals surface area contributed by atoms with Crippen LogP contribution in [0.2, 0.25) is 0 Å². The van der Waals surface area contributed by atoms with Crippen molar-refractivity contribution in [3.8, 4) is 0 Å². The Kier molecular flexibility index (Phi) is 24.8. The topological polar surface area (TPSA) is 124 Å². The Hall–Kier alpha value is -0.440. The summed E-state index contributed by atoms with van der Waals surface area (Å²) in [5.74, 6) is 0. The molecule has 9 atom stereocenters. The molecule has 9 unspecified atom stereocenters. The van der Waals surface area contributed by atoms with Gasteiger partial charge in [0, 0.05) is 6.61 Å². The van der Waals surface area contributed by atoms with Crippen LogP contribution in [-0.2, 0) is 42.6 Å². The molecule has 0 aliphatic carbocycles. The van der Waals surface area contributed by atoms with E-state index in [9.17, 15) is 5.11 Å². The fourth-order valence-electron chi connectivity index (χ4n) is 3.07. The highest BCUT2D eigenvalue weighted by atomic mass is 16.6. The largest absolute Gasteiger partial charge is 0.394 e. The first-order valence-electron chi connectivity index (χ1n) is 14.8. The Bertz CT molecular complexity index is 556. The van der Waals surface area contributed by atoms with Crippen molar-refractivity contribution >= 4 is 0 Å². The molecule has 0 bridgehead atoms. The van der Waals surface area contributed by atoms with E-state index in [-0.39, 0.29) is 68.7 Å². The standard InChI is InChI=1S/C29H60O11/c1-10-32-19-29(31)20-40-28(9)18-39-27(8)17-38-26(7)16-37-25(6)15-36-24(5)14-35-23(4)13-34-22(3)12-33-21(2)11-30/h21-31H,10-20H2,1-9H3. The molecule has 0 aromatic carbocycles. The molecule has 2 N–H and O–H groups in total. The highest BCUT2D eigenvalue weighted by molar-refractivity contribution is 4.60. The van der Waals surface area contributed by atoms with Crippen molar-refractivity contribution < 1.29 is 52.8 Å². The number of hydrogen-bond donors (Lipinski definition) is 2. The van der Waals surface area contributed by atoms with E-state index in [4.69, 9.17) is 47.7 Å². The van der Waals surface area contributed by atoms with E-state index in [0.717, 1.165) is 0 Å². The van der Waals surface area contributed by atoms with E-state index in [1.807, 2.05) is 62.3 Å². The molecule has 0 rings (SSSR count). The Morgan fingerprint density at radius 1 is 0.400 bits per heavy atom. The number of aliphatic hydroxyl groups is 2. The molecule has 0 heterocycles. The predicted molar refractivity (Wildman–Crippen MR) is 153 cm³/mol. The second kappa shape index (κ2) is 25.1. The number of hydrogen-bond acceptors (Lipinski definition) is 11. The molecule has 0 saturated carbocycles. The van der Waals surface area contributed by atoms with Crippen molar-refractivity contribution in [3.05, 3.63) is 0 Å². The average Bonchev–Trinajstić information content (AvgIpc) is 2.94. The molecular formula is C29H60O11. The van der Waals surface area contributed by atoms with Gasteiger partial charge in [-0.2, -0.15) is 0 Å². The second-order valence-electron chi connectivity index (χ2n) is 10.6. The van der Waals surface area contributed by atoms with Gasteiger partial charge in [-0.25, -0.2) is 0 Å². The Labute approximate surface area is 243 Å². The maximum absolute atomic E-state index is 9.76. The van der Waals surface area contributed by atoms with Gasteiger partial charge in [-0.1, -0.05) is 0 Å². The molecule has 0 aliphatic rings. The van der Waals surface area contributed by atoms with Crippen molar-refractivity contribution in [1.82, 2.24) is 0 Å². The predicted octanol–water partition coefficient (Wildman–Crippen LogP) is 2.62. The molecule has 0 aromatic heterocycles. The Balaban J connectivity index is 3.87. The molecule has 0 saturated heterocycles. The van der Waals surface area contributed by atoms with Crippen LogP contribution in [0.3, 0.4) is 0 Å². The monoisotopic (exact) mass is 584 g/mol. The minimum Gasteiger partial charge on any atom is -0.394 e. The fourth-order valence-corrected chi connectivity index (χ4v) is 3.07. The second-order valence-corrected chi connectivity index (χ2v) is 10.6. The summed E-state index contributed by atoms with van der Waals surface area (Å²) in [6.07, 6.45) is -1.45. The zero-order chi connectivity index (χ0) is 30.3. The van der Waals surface area contributed by atoms with Gasteiger partial charge in [-0.3, -0.25) is 0 Å². The lowest BCUT2D eigenvalue weighted by Crippen LogP contribution is -2.30. The van der Waals surface area contributed by atoms with Gasteiger partial charge in [0.25, 0.3) is 0 Å². The van der Waals surface area contributed by atoms with Crippen LogP contribution in [0.25, 0.3) is 0 Å². The van der Waals surface area contributed by atoms with Crippen LogP contribution in [-0.4, -0.2) is 138 Å². The molecule has 0 amide bonds. The summed E-state index contributed by atoms with van der Waals surface area (Å²) in [6.45, 7) is 21.5. The quantitative estimate of drug-likeness (QED) is 0.141. The van der Waals surface area contributed by atoms with Gasteiger partial charge >= 0.3 is 0 Å². The van der Waals surface area contributed by atoms with Crippen LogP contribution in [0.5, 0.6) is 0 Å². The van der Waals surface area contributed by atoms with E-state index in [0.29, 0.717) is 52.9 Å². The van der Waals surface area contributed by atoms with Crippen LogP contribution >= 0.6 is 0 Å². The highest BCUT2D eigenvalue weighted by Crippen LogP contribution is 2.05. The van der Waals surface area contributed by atoms with E-state index < -0.39 is 6.10 Å². The van der Waals surface area contributed by atoms with E-state index in [1.165, 1.54) is 0 Å². The molecule has 11 nitrogen and oxygen atoms in total. The third kappa shape index (κ3) is 24.2. The van der Waals surface area contributed by atoms with E-state index in [1.54, 1.807) is 0 Å². The molecule has 0 aliphatic heterocycles. The normalized spacial score (nSPS) is 19.0. The third-order valence-electron chi connectivity index (χ3n) is 5.65. The summed E-state index contributed by atoms with van der Waals surface area (Å²) in [5, 5.41) is 18.8. The van der Waals surface area contributed by atoms with Crippen molar-refractivity contribution in [1.29, 1.82) is 0 Å². The van der Waals surface area contributed by atoms with Crippen LogP contribution in [0, 0.1) is 0 Å². The molecule has 242 valence electrons. The first-order chi connectivity index (χ1) is 19.0. The smallest absolute Gasteiger partial charge is 0.101 e. The van der Waals surface area contributed by atoms with Gasteiger partial charge in [0.2, 0.25) is 0 Å². The minimum atomic E-state index is -0.634. The van der Waals surface area contributed by atoms with Crippen molar-refractivity contribution in [2.45, 2.75) is 117 Å². The average molecular weight is 585 g/mol. The van der Waals surface area contributed by atoms with E-state index in [2.05, 4.69) is 0 Å². The maximum atomic E-state index is 9.76. The summed E-state index contributed by atoms with van der Waals surface area (Å²) in [5.41, 5.74) is 0. The summed E-state index contributed by atoms with van der Waals surface area (Å²) < 4.78 is 51.2. The molecule has 0 aromatic rings. The van der Waals surface area contributed by atoms with E-state index >= 15 is 0 Å². The summed E-state index contributed by atoms with van der Waals surface area (Å²) >= 11 is 0. The SMILES string of the molecule is CCOCC(O)COC(C)COC(C)COC(C)COC(C)COC(C)COC(C)COC(C)COC(C)CO. The zero-order valence-electron chi connectivity index (χ0n) is 26.5. The number of ether oxygens (including phenoxy) is 9. The first kappa shape index (κ1) is 39.6. The summed E-state index contributed by atoms with van der Waals surface area (Å²) in [6, 6.07) is 0. The van der Waals surface area contributed by atoms with Crippen LogP contribution in [0.15, 0.2) is 0 Å². The van der Waals surface area contributed by atoms with Crippen molar-refractivity contribution in [2.75, 3.05) is 72.7 Å². The van der Waals surface area contributed by atoms with Gasteiger partial charge in [0.1, 0.15) is 6.10 Å². The molecule has 0 spiro atoms. The highest BCUT2D eigenvalue weighted by Gasteiger charge is 2.15. The number of aliphatic hydroxyl groups excluding tert-OH is 2. The lowest BCUT2D eigenvalue weighted by Gasteiger charge is -2.23. The fraction of sp³-hybridized carbons (Fsp3) is 1.00. The molecule has 11 heteroatoms. The van der Waals surface area contributed by atoms with Gasteiger partial charge in [-0.15, -0.1) is 0 Å². The molecule has 0 fully saturated rings. The van der Waals surface area contributed by atoms with Crippen LogP contribution in [0.4, 0.5) is 0 Å². The molecule has 40 heavy (non-hydrogen) atoms. The lowest BCUT2D eigenvalue weighted by molar-refractivity contribution is -0.111. The third-order valence-corrected chi connectivity index (χ3v) is 5.65. The molecular weight excluding hydrogens is 524 g/mol. The molecule has 0 radical (unpaired) electrons. The van der Waals surface area contributed by atoms with Gasteiger partial charge in [0.15, 0.2) is 0 Å². The van der Waals surface area contributed by atoms with Crippen molar-refractivity contribution in [3.63, 3.8) is 0 Å². The van der Waals surface area contributed by atoms with Gasteiger partial charge in [0.05, 0.1) is 115 Å². The summed E-state index contributed by atoms with van der Waals surface area (Å²) in [7, 11) is 0. The Morgan fingerprint density at radius 3 is 0.900 bits per heavy atom. The minimum absolute atomic E-state index is 0.00384. The van der Waals surface area contributed by atoms with Gasteiger partial charge in [-0.05, 0) is 62.3 Å². The first-order valence-corrected chi connectivity index (χ1v) is 14.8.